The van der Waals surface area contributed by atoms with Gasteiger partial charge in [0.15, 0.2) is 0 Å². The fourth-order valence-corrected chi connectivity index (χ4v) is 1.53. The van der Waals surface area contributed by atoms with Crippen LogP contribution in [0.5, 0.6) is 0 Å². The van der Waals surface area contributed by atoms with Gasteiger partial charge in [-0.05, 0) is 12.0 Å². The van der Waals surface area contributed by atoms with E-state index in [1.54, 1.807) is 0 Å². The quantitative estimate of drug-likeness (QED) is 0.704. The van der Waals surface area contributed by atoms with E-state index in [1.807, 2.05) is 30.3 Å². The lowest BCUT2D eigenvalue weighted by atomic mass is 10.2. The summed E-state index contributed by atoms with van der Waals surface area (Å²) in [4.78, 5) is 11.1. The SMILES string of the molecule is COC(=O)[C@H]1C[C@H]1OCc1ccccc1. The monoisotopic (exact) mass is 206 g/mol. The molecule has 0 radical (unpaired) electrons. The Balaban J connectivity index is 1.75. The van der Waals surface area contributed by atoms with Crippen LogP contribution >= 0.6 is 0 Å². The van der Waals surface area contributed by atoms with Gasteiger partial charge in [0.05, 0.1) is 25.7 Å². The lowest BCUT2D eigenvalue weighted by molar-refractivity contribution is -0.143. The Labute approximate surface area is 89.0 Å². The molecular weight excluding hydrogens is 192 g/mol. The molecule has 2 rings (SSSR count). The molecule has 3 heteroatoms. The van der Waals surface area contributed by atoms with Gasteiger partial charge < -0.3 is 9.47 Å². The minimum absolute atomic E-state index is 0.0429. The first-order chi connectivity index (χ1) is 7.31. The minimum atomic E-state index is -0.159. The van der Waals surface area contributed by atoms with E-state index in [0.717, 1.165) is 12.0 Å². The summed E-state index contributed by atoms with van der Waals surface area (Å²) in [5.74, 6) is -0.202. The Kier molecular flexibility index (Phi) is 3.02. The van der Waals surface area contributed by atoms with Crippen molar-refractivity contribution in [3.05, 3.63) is 35.9 Å². The smallest absolute Gasteiger partial charge is 0.311 e. The van der Waals surface area contributed by atoms with Crippen LogP contribution in [0.15, 0.2) is 30.3 Å². The summed E-state index contributed by atoms with van der Waals surface area (Å²) in [5, 5.41) is 0. The van der Waals surface area contributed by atoms with Crippen molar-refractivity contribution in [3.63, 3.8) is 0 Å². The van der Waals surface area contributed by atoms with Gasteiger partial charge in [-0.25, -0.2) is 0 Å². The maximum Gasteiger partial charge on any atom is 0.311 e. The van der Waals surface area contributed by atoms with Crippen LogP contribution in [0.1, 0.15) is 12.0 Å². The Hall–Kier alpha value is -1.35. The lowest BCUT2D eigenvalue weighted by Crippen LogP contribution is -2.08. The molecular formula is C12H14O3. The molecule has 0 unspecified atom stereocenters. The fourth-order valence-electron chi connectivity index (χ4n) is 1.53. The summed E-state index contributed by atoms with van der Waals surface area (Å²) >= 11 is 0. The number of methoxy groups -OCH3 is 1. The van der Waals surface area contributed by atoms with Crippen LogP contribution in [0, 0.1) is 5.92 Å². The average molecular weight is 206 g/mol. The zero-order chi connectivity index (χ0) is 10.7. The fraction of sp³-hybridized carbons (Fsp3) is 0.417. The Morgan fingerprint density at radius 1 is 1.40 bits per heavy atom. The van der Waals surface area contributed by atoms with Gasteiger partial charge in [-0.1, -0.05) is 30.3 Å². The molecule has 0 aromatic heterocycles. The number of ether oxygens (including phenoxy) is 2. The summed E-state index contributed by atoms with van der Waals surface area (Å²) in [6.45, 7) is 0.568. The normalized spacial score (nSPS) is 23.5. The van der Waals surface area contributed by atoms with E-state index in [0.29, 0.717) is 6.61 Å². The molecule has 1 aromatic rings. The van der Waals surface area contributed by atoms with E-state index in [-0.39, 0.29) is 18.0 Å². The molecule has 80 valence electrons. The maximum absolute atomic E-state index is 11.1. The van der Waals surface area contributed by atoms with Gasteiger partial charge in [-0.2, -0.15) is 0 Å². The zero-order valence-electron chi connectivity index (χ0n) is 8.68. The van der Waals surface area contributed by atoms with E-state index >= 15 is 0 Å². The van der Waals surface area contributed by atoms with Crippen LogP contribution in [0.25, 0.3) is 0 Å². The van der Waals surface area contributed by atoms with Gasteiger partial charge in [0.1, 0.15) is 0 Å². The third kappa shape index (κ3) is 2.57. The number of carbonyl (C=O) groups excluding carboxylic acids is 1. The molecule has 15 heavy (non-hydrogen) atoms. The molecule has 0 saturated heterocycles. The highest BCUT2D eigenvalue weighted by Gasteiger charge is 2.45. The van der Waals surface area contributed by atoms with Crippen molar-refractivity contribution in [1.29, 1.82) is 0 Å². The first kappa shape index (κ1) is 10.2. The van der Waals surface area contributed by atoms with E-state index < -0.39 is 0 Å². The summed E-state index contributed by atoms with van der Waals surface area (Å²) in [6, 6.07) is 9.94. The maximum atomic E-state index is 11.1. The van der Waals surface area contributed by atoms with Crippen LogP contribution < -0.4 is 0 Å². The van der Waals surface area contributed by atoms with Crippen molar-refractivity contribution in [1.82, 2.24) is 0 Å². The molecule has 2 atom stereocenters. The molecule has 0 amide bonds. The van der Waals surface area contributed by atoms with Gasteiger partial charge in [0.25, 0.3) is 0 Å². The zero-order valence-corrected chi connectivity index (χ0v) is 8.68. The number of hydrogen-bond donors (Lipinski definition) is 0. The van der Waals surface area contributed by atoms with E-state index in [1.165, 1.54) is 7.11 Å². The van der Waals surface area contributed by atoms with Crippen molar-refractivity contribution in [2.75, 3.05) is 7.11 Å². The van der Waals surface area contributed by atoms with Gasteiger partial charge >= 0.3 is 5.97 Å². The third-order valence-corrected chi connectivity index (χ3v) is 2.54. The Morgan fingerprint density at radius 3 is 2.80 bits per heavy atom. The minimum Gasteiger partial charge on any atom is -0.469 e. The molecule has 1 aliphatic rings. The first-order valence-electron chi connectivity index (χ1n) is 5.04. The summed E-state index contributed by atoms with van der Waals surface area (Å²) in [6.07, 6.45) is 0.845. The van der Waals surface area contributed by atoms with Crippen molar-refractivity contribution in [3.8, 4) is 0 Å². The number of rotatable bonds is 4. The van der Waals surface area contributed by atoms with Crippen LogP contribution in [0.3, 0.4) is 0 Å². The molecule has 0 heterocycles. The Bertz CT molecular complexity index is 334. The van der Waals surface area contributed by atoms with Crippen LogP contribution in [-0.2, 0) is 20.9 Å². The first-order valence-corrected chi connectivity index (χ1v) is 5.04. The molecule has 0 N–H and O–H groups in total. The largest absolute Gasteiger partial charge is 0.469 e. The van der Waals surface area contributed by atoms with Gasteiger partial charge in [0.2, 0.25) is 0 Å². The topological polar surface area (TPSA) is 35.5 Å². The number of esters is 1. The molecule has 1 aliphatic carbocycles. The van der Waals surface area contributed by atoms with E-state index in [2.05, 4.69) is 4.74 Å². The Morgan fingerprint density at radius 2 is 2.13 bits per heavy atom. The van der Waals surface area contributed by atoms with Crippen molar-refractivity contribution < 1.29 is 14.3 Å². The molecule has 0 aliphatic heterocycles. The van der Waals surface area contributed by atoms with E-state index in [4.69, 9.17) is 4.74 Å². The van der Waals surface area contributed by atoms with Crippen molar-refractivity contribution in [2.45, 2.75) is 19.1 Å². The second-order valence-corrected chi connectivity index (χ2v) is 3.70. The second kappa shape index (κ2) is 4.45. The predicted octanol–water partition coefficient (Wildman–Crippen LogP) is 1.76. The molecule has 1 fully saturated rings. The van der Waals surface area contributed by atoms with Crippen molar-refractivity contribution in [2.24, 2.45) is 5.92 Å². The predicted molar refractivity (Wildman–Crippen MR) is 55.1 cm³/mol. The van der Waals surface area contributed by atoms with Gasteiger partial charge in [0, 0.05) is 0 Å². The molecule has 0 spiro atoms. The van der Waals surface area contributed by atoms with E-state index in [9.17, 15) is 4.79 Å². The average Bonchev–Trinajstić information content (AvgIpc) is 3.06. The van der Waals surface area contributed by atoms with Crippen LogP contribution in [-0.4, -0.2) is 19.2 Å². The van der Waals surface area contributed by atoms with Crippen LogP contribution in [0.4, 0.5) is 0 Å². The molecule has 1 aromatic carbocycles. The molecule has 0 bridgehead atoms. The van der Waals surface area contributed by atoms with Crippen LogP contribution in [0.2, 0.25) is 0 Å². The highest BCUT2D eigenvalue weighted by atomic mass is 16.5. The number of carbonyl (C=O) groups is 1. The highest BCUT2D eigenvalue weighted by molar-refractivity contribution is 5.76. The molecule has 1 saturated carbocycles. The highest BCUT2D eigenvalue weighted by Crippen LogP contribution is 2.35. The number of benzene rings is 1. The van der Waals surface area contributed by atoms with Gasteiger partial charge in [-0.15, -0.1) is 0 Å². The second-order valence-electron chi connectivity index (χ2n) is 3.70. The van der Waals surface area contributed by atoms with Crippen molar-refractivity contribution >= 4 is 5.97 Å². The summed E-state index contributed by atoms with van der Waals surface area (Å²) < 4.78 is 10.2. The summed E-state index contributed by atoms with van der Waals surface area (Å²) in [7, 11) is 1.41. The van der Waals surface area contributed by atoms with Gasteiger partial charge in [-0.3, -0.25) is 4.79 Å². The lowest BCUT2D eigenvalue weighted by Gasteiger charge is -2.02. The number of hydrogen-bond acceptors (Lipinski definition) is 3. The summed E-state index contributed by atoms with van der Waals surface area (Å²) in [5.41, 5.74) is 1.13. The molecule has 3 nitrogen and oxygen atoms in total. The third-order valence-electron chi connectivity index (χ3n) is 2.54. The standard InChI is InChI=1S/C12H14O3/c1-14-12(13)10-7-11(10)15-8-9-5-3-2-4-6-9/h2-6,10-11H,7-8H2,1H3/t10-,11+/m0/s1.